The summed E-state index contributed by atoms with van der Waals surface area (Å²) in [5.74, 6) is 0.854. The van der Waals surface area contributed by atoms with Crippen molar-refractivity contribution in [2.24, 2.45) is 0 Å². The summed E-state index contributed by atoms with van der Waals surface area (Å²) in [5, 5.41) is 1.03. The fraction of sp³-hybridized carbons (Fsp3) is 0.278. The van der Waals surface area contributed by atoms with Crippen molar-refractivity contribution in [3.05, 3.63) is 42.5 Å². The van der Waals surface area contributed by atoms with E-state index in [0.717, 1.165) is 26.5 Å². The zero-order valence-corrected chi connectivity index (χ0v) is 14.4. The summed E-state index contributed by atoms with van der Waals surface area (Å²) in [4.78, 5) is 6.81. The second kappa shape index (κ2) is 6.98. The summed E-state index contributed by atoms with van der Waals surface area (Å²) in [5.41, 5.74) is 3.32. The Kier molecular flexibility index (Phi) is 4.79. The van der Waals surface area contributed by atoms with Gasteiger partial charge in [0.25, 0.3) is 0 Å². The van der Waals surface area contributed by atoms with Gasteiger partial charge in [-0.3, -0.25) is 0 Å². The maximum Gasteiger partial charge on any atom is 0.124 e. The maximum atomic E-state index is 5.66. The first-order chi connectivity index (χ1) is 11.2. The van der Waals surface area contributed by atoms with E-state index in [1.807, 2.05) is 32.3 Å². The van der Waals surface area contributed by atoms with Gasteiger partial charge in [0.1, 0.15) is 17.4 Å². The average Bonchev–Trinajstić information content (AvgIpc) is 2.98. The lowest BCUT2D eigenvalue weighted by Gasteiger charge is -2.11. The minimum Gasteiger partial charge on any atom is -0.491 e. The van der Waals surface area contributed by atoms with Gasteiger partial charge in [-0.15, -0.1) is 11.3 Å². The van der Waals surface area contributed by atoms with Gasteiger partial charge in [-0.25, -0.2) is 4.98 Å². The standard InChI is InChI=1S/C18H20N2O2S/c1-20(2)14-6-4-13(5-7-14)18-19-16-9-8-15(12-17(16)23-18)22-11-10-21-3/h4-9,12H,10-11H2,1-3H3. The molecule has 0 aliphatic rings. The van der Waals surface area contributed by atoms with E-state index in [2.05, 4.69) is 29.2 Å². The van der Waals surface area contributed by atoms with Crippen molar-refractivity contribution < 1.29 is 9.47 Å². The van der Waals surface area contributed by atoms with E-state index in [1.54, 1.807) is 18.4 Å². The van der Waals surface area contributed by atoms with Crippen LogP contribution < -0.4 is 9.64 Å². The average molecular weight is 328 g/mol. The molecule has 0 atom stereocenters. The van der Waals surface area contributed by atoms with Crippen LogP contribution in [-0.4, -0.2) is 39.4 Å². The van der Waals surface area contributed by atoms with Gasteiger partial charge in [0.2, 0.25) is 0 Å². The minimum absolute atomic E-state index is 0.555. The molecule has 4 nitrogen and oxygen atoms in total. The lowest BCUT2D eigenvalue weighted by Crippen LogP contribution is -2.07. The third-order valence-electron chi connectivity index (χ3n) is 3.55. The molecule has 0 saturated carbocycles. The first kappa shape index (κ1) is 15.8. The summed E-state index contributed by atoms with van der Waals surface area (Å²) < 4.78 is 11.8. The van der Waals surface area contributed by atoms with Crippen LogP contribution in [0, 0.1) is 0 Å². The molecule has 1 heterocycles. The highest BCUT2D eigenvalue weighted by molar-refractivity contribution is 7.21. The van der Waals surface area contributed by atoms with Gasteiger partial charge in [-0.2, -0.15) is 0 Å². The number of hydrogen-bond acceptors (Lipinski definition) is 5. The van der Waals surface area contributed by atoms with Crippen LogP contribution in [0.3, 0.4) is 0 Å². The molecule has 0 aliphatic heterocycles. The number of anilines is 1. The fourth-order valence-electron chi connectivity index (χ4n) is 2.26. The molecular weight excluding hydrogens is 308 g/mol. The number of ether oxygens (including phenoxy) is 2. The summed E-state index contributed by atoms with van der Waals surface area (Å²) in [6.07, 6.45) is 0. The van der Waals surface area contributed by atoms with E-state index in [4.69, 9.17) is 14.5 Å². The van der Waals surface area contributed by atoms with E-state index >= 15 is 0 Å². The second-order valence-electron chi connectivity index (χ2n) is 5.43. The Bertz CT molecular complexity index is 781. The van der Waals surface area contributed by atoms with Crippen molar-refractivity contribution in [1.82, 2.24) is 4.98 Å². The summed E-state index contributed by atoms with van der Waals surface area (Å²) >= 11 is 1.68. The van der Waals surface area contributed by atoms with Crippen molar-refractivity contribution >= 4 is 27.2 Å². The van der Waals surface area contributed by atoms with Gasteiger partial charge in [-0.05, 0) is 42.5 Å². The number of rotatable bonds is 6. The Labute approximate surface area is 140 Å². The van der Waals surface area contributed by atoms with E-state index in [9.17, 15) is 0 Å². The molecule has 0 bridgehead atoms. The van der Waals surface area contributed by atoms with Crippen LogP contribution in [0.25, 0.3) is 20.8 Å². The molecule has 0 N–H and O–H groups in total. The molecule has 0 radical (unpaired) electrons. The molecule has 0 unspecified atom stereocenters. The van der Waals surface area contributed by atoms with Gasteiger partial charge in [-0.1, -0.05) is 0 Å². The molecule has 3 rings (SSSR count). The monoisotopic (exact) mass is 328 g/mol. The first-order valence-electron chi connectivity index (χ1n) is 7.47. The molecule has 1 aromatic heterocycles. The highest BCUT2D eigenvalue weighted by Gasteiger charge is 2.08. The van der Waals surface area contributed by atoms with E-state index < -0.39 is 0 Å². The van der Waals surface area contributed by atoms with Crippen molar-refractivity contribution in [2.75, 3.05) is 39.3 Å². The number of methoxy groups -OCH3 is 1. The third kappa shape index (κ3) is 3.63. The lowest BCUT2D eigenvalue weighted by molar-refractivity contribution is 0.146. The number of nitrogens with zero attached hydrogens (tertiary/aromatic N) is 2. The highest BCUT2D eigenvalue weighted by Crippen LogP contribution is 2.33. The van der Waals surface area contributed by atoms with Crippen molar-refractivity contribution in [2.45, 2.75) is 0 Å². The molecular formula is C18H20N2O2S. The molecule has 0 aliphatic carbocycles. The van der Waals surface area contributed by atoms with Crippen LogP contribution in [-0.2, 0) is 4.74 Å². The van der Waals surface area contributed by atoms with Crippen LogP contribution in [0.4, 0.5) is 5.69 Å². The van der Waals surface area contributed by atoms with Crippen LogP contribution >= 0.6 is 11.3 Å². The largest absolute Gasteiger partial charge is 0.491 e. The Balaban J connectivity index is 1.84. The summed E-state index contributed by atoms with van der Waals surface area (Å²) in [6.45, 7) is 1.14. The molecule has 0 fully saturated rings. The van der Waals surface area contributed by atoms with Gasteiger partial charge in [0, 0.05) is 32.5 Å². The molecule has 0 spiro atoms. The van der Waals surface area contributed by atoms with Crippen LogP contribution in [0.5, 0.6) is 5.75 Å². The predicted octanol–water partition coefficient (Wildman–Crippen LogP) is 4.05. The predicted molar refractivity (Wildman–Crippen MR) is 96.8 cm³/mol. The quantitative estimate of drug-likeness (QED) is 0.639. The smallest absolute Gasteiger partial charge is 0.124 e. The Morgan fingerprint density at radius 1 is 1.04 bits per heavy atom. The molecule has 0 amide bonds. The highest BCUT2D eigenvalue weighted by atomic mass is 32.1. The van der Waals surface area contributed by atoms with Gasteiger partial charge < -0.3 is 14.4 Å². The van der Waals surface area contributed by atoms with E-state index in [-0.39, 0.29) is 0 Å². The topological polar surface area (TPSA) is 34.6 Å². The summed E-state index contributed by atoms with van der Waals surface area (Å²) in [6, 6.07) is 14.5. The van der Waals surface area contributed by atoms with E-state index in [1.165, 1.54) is 5.69 Å². The van der Waals surface area contributed by atoms with Crippen LogP contribution in [0.2, 0.25) is 0 Å². The lowest BCUT2D eigenvalue weighted by atomic mass is 10.2. The van der Waals surface area contributed by atoms with Gasteiger partial charge >= 0.3 is 0 Å². The Hall–Kier alpha value is -2.11. The zero-order chi connectivity index (χ0) is 16.2. The number of fused-ring (bicyclic) bond motifs is 1. The van der Waals surface area contributed by atoms with Crippen LogP contribution in [0.15, 0.2) is 42.5 Å². The van der Waals surface area contributed by atoms with Crippen molar-refractivity contribution in [3.8, 4) is 16.3 Å². The van der Waals surface area contributed by atoms with Gasteiger partial charge in [0.05, 0.1) is 16.8 Å². The molecule has 3 aromatic rings. The summed E-state index contributed by atoms with van der Waals surface area (Å²) in [7, 11) is 5.75. The molecule has 23 heavy (non-hydrogen) atoms. The molecule has 0 saturated heterocycles. The maximum absolute atomic E-state index is 5.66. The number of benzene rings is 2. The number of hydrogen-bond donors (Lipinski definition) is 0. The molecule has 120 valence electrons. The number of aromatic nitrogens is 1. The second-order valence-corrected chi connectivity index (χ2v) is 6.46. The first-order valence-corrected chi connectivity index (χ1v) is 8.29. The van der Waals surface area contributed by atoms with Crippen LogP contribution in [0.1, 0.15) is 0 Å². The van der Waals surface area contributed by atoms with Crippen molar-refractivity contribution in [1.29, 1.82) is 0 Å². The molecule has 5 heteroatoms. The third-order valence-corrected chi connectivity index (χ3v) is 4.61. The Morgan fingerprint density at radius 2 is 1.83 bits per heavy atom. The van der Waals surface area contributed by atoms with Crippen molar-refractivity contribution in [3.63, 3.8) is 0 Å². The number of thiazole rings is 1. The molecule has 2 aromatic carbocycles. The van der Waals surface area contributed by atoms with E-state index in [0.29, 0.717) is 13.2 Å². The SMILES string of the molecule is COCCOc1ccc2nc(-c3ccc(N(C)C)cc3)sc2c1. The minimum atomic E-state index is 0.555. The zero-order valence-electron chi connectivity index (χ0n) is 13.6. The Morgan fingerprint density at radius 3 is 2.52 bits per heavy atom. The fourth-order valence-corrected chi connectivity index (χ4v) is 3.26. The van der Waals surface area contributed by atoms with Gasteiger partial charge in [0.15, 0.2) is 0 Å². The normalized spacial score (nSPS) is 10.9.